The van der Waals surface area contributed by atoms with Crippen LogP contribution in [-0.2, 0) is 14.3 Å². The summed E-state index contributed by atoms with van der Waals surface area (Å²) in [4.78, 5) is 16.0. The lowest BCUT2D eigenvalue weighted by Crippen LogP contribution is -2.46. The Labute approximate surface area is 155 Å². The smallest absolute Gasteiger partial charge is 0.246 e. The maximum absolute atomic E-state index is 13.9. The number of ether oxygens (including phenoxy) is 2. The average Bonchev–Trinajstić information content (AvgIpc) is 3.31. The first-order chi connectivity index (χ1) is 12.7. The molecule has 1 aromatic heterocycles. The van der Waals surface area contributed by atoms with Crippen molar-refractivity contribution in [1.29, 1.82) is 0 Å². The number of hydrogen-bond acceptors (Lipinski definition) is 4. The molecule has 1 aromatic carbocycles. The van der Waals surface area contributed by atoms with Crippen LogP contribution in [0.3, 0.4) is 0 Å². The van der Waals surface area contributed by atoms with Gasteiger partial charge < -0.3 is 14.4 Å². The number of likely N-dealkylation sites (tertiary alicyclic amines) is 1. The molecule has 2 fully saturated rings. The third-order valence-electron chi connectivity index (χ3n) is 4.81. The van der Waals surface area contributed by atoms with Gasteiger partial charge >= 0.3 is 0 Å². The second-order valence-corrected chi connectivity index (χ2v) is 7.56. The first kappa shape index (κ1) is 17.4. The number of carbonyl (C=O) groups is 1. The molecule has 0 aliphatic carbocycles. The first-order valence-corrected chi connectivity index (χ1v) is 9.57. The van der Waals surface area contributed by atoms with Gasteiger partial charge in [0.1, 0.15) is 5.82 Å². The Morgan fingerprint density at radius 3 is 2.58 bits per heavy atom. The zero-order valence-electron chi connectivity index (χ0n) is 14.3. The first-order valence-electron chi connectivity index (χ1n) is 8.75. The number of carbonyl (C=O) groups excluding carboxylic acids is 1. The van der Waals surface area contributed by atoms with Crippen molar-refractivity contribution in [2.45, 2.75) is 18.6 Å². The van der Waals surface area contributed by atoms with Gasteiger partial charge in [-0.05, 0) is 24.3 Å². The molecular weight excluding hydrogens is 353 g/mol. The van der Waals surface area contributed by atoms with E-state index in [1.807, 2.05) is 23.1 Å². The Bertz CT molecular complexity index is 816. The number of rotatable bonds is 3. The van der Waals surface area contributed by atoms with Gasteiger partial charge in [-0.25, -0.2) is 4.39 Å². The number of halogens is 1. The van der Waals surface area contributed by atoms with Crippen molar-refractivity contribution in [3.63, 3.8) is 0 Å². The summed E-state index contributed by atoms with van der Waals surface area (Å²) in [5, 5.41) is 0. The molecule has 6 heteroatoms. The van der Waals surface area contributed by atoms with Crippen molar-refractivity contribution >= 4 is 23.3 Å². The molecule has 0 bridgehead atoms. The molecule has 4 rings (SSSR count). The van der Waals surface area contributed by atoms with E-state index in [1.165, 1.54) is 17.4 Å². The van der Waals surface area contributed by atoms with E-state index < -0.39 is 5.79 Å². The van der Waals surface area contributed by atoms with Gasteiger partial charge in [-0.2, -0.15) is 0 Å². The molecule has 1 amide bonds. The Morgan fingerprint density at radius 1 is 1.12 bits per heavy atom. The summed E-state index contributed by atoms with van der Waals surface area (Å²) in [5.74, 6) is -0.721. The Kier molecular flexibility index (Phi) is 4.89. The van der Waals surface area contributed by atoms with Crippen LogP contribution in [0.5, 0.6) is 0 Å². The van der Waals surface area contributed by atoms with Crippen molar-refractivity contribution < 1.29 is 18.7 Å². The van der Waals surface area contributed by atoms with E-state index in [2.05, 4.69) is 0 Å². The molecule has 26 heavy (non-hydrogen) atoms. The summed E-state index contributed by atoms with van der Waals surface area (Å²) in [6, 6.07) is 10.5. The molecule has 2 aliphatic heterocycles. The van der Waals surface area contributed by atoms with E-state index in [-0.39, 0.29) is 11.7 Å². The molecule has 2 aliphatic rings. The molecule has 2 aromatic rings. The maximum atomic E-state index is 13.9. The largest absolute Gasteiger partial charge is 0.347 e. The molecule has 0 unspecified atom stereocenters. The summed E-state index contributed by atoms with van der Waals surface area (Å²) in [5.41, 5.74) is 0.585. The van der Waals surface area contributed by atoms with Crippen molar-refractivity contribution in [2.24, 2.45) is 0 Å². The van der Waals surface area contributed by atoms with Gasteiger partial charge in [0.15, 0.2) is 5.79 Å². The third kappa shape index (κ3) is 3.58. The summed E-state index contributed by atoms with van der Waals surface area (Å²) < 4.78 is 25.2. The van der Waals surface area contributed by atoms with E-state index in [0.29, 0.717) is 44.7 Å². The lowest BCUT2D eigenvalue weighted by atomic mass is 10.0. The van der Waals surface area contributed by atoms with E-state index in [0.717, 1.165) is 9.75 Å². The number of amides is 1. The predicted octanol–water partition coefficient (Wildman–Crippen LogP) is 3.93. The number of thiophene rings is 1. The summed E-state index contributed by atoms with van der Waals surface area (Å²) in [7, 11) is 0. The van der Waals surface area contributed by atoms with Gasteiger partial charge in [-0.15, -0.1) is 11.3 Å². The fraction of sp³-hybridized carbons (Fsp3) is 0.350. The number of benzene rings is 1. The number of nitrogens with zero attached hydrogens (tertiary/aromatic N) is 1. The Morgan fingerprint density at radius 2 is 1.85 bits per heavy atom. The molecule has 4 nitrogen and oxygen atoms in total. The normalized spacial score (nSPS) is 19.5. The van der Waals surface area contributed by atoms with Crippen molar-refractivity contribution in [3.05, 3.63) is 53.2 Å². The zero-order valence-corrected chi connectivity index (χ0v) is 15.1. The fourth-order valence-corrected chi connectivity index (χ4v) is 4.30. The topological polar surface area (TPSA) is 38.8 Å². The second kappa shape index (κ2) is 7.31. The minimum Gasteiger partial charge on any atom is -0.347 e. The van der Waals surface area contributed by atoms with Crippen LogP contribution in [0.15, 0.2) is 42.5 Å². The highest BCUT2D eigenvalue weighted by Gasteiger charge is 2.40. The van der Waals surface area contributed by atoms with Crippen LogP contribution in [0.4, 0.5) is 4.39 Å². The SMILES string of the molecule is O=C(/C=C/c1ccc(-c2ccccc2F)s1)N1CCC2(CC1)OCCO2. The van der Waals surface area contributed by atoms with Crippen molar-refractivity contribution in [2.75, 3.05) is 26.3 Å². The number of piperidine rings is 1. The lowest BCUT2D eigenvalue weighted by Gasteiger charge is -2.37. The fourth-order valence-electron chi connectivity index (χ4n) is 3.36. The molecule has 1 spiro atoms. The maximum Gasteiger partial charge on any atom is 0.246 e. The van der Waals surface area contributed by atoms with Crippen LogP contribution in [0, 0.1) is 5.82 Å². The molecule has 0 N–H and O–H groups in total. The van der Waals surface area contributed by atoms with E-state index in [1.54, 1.807) is 24.3 Å². The van der Waals surface area contributed by atoms with Crippen LogP contribution >= 0.6 is 11.3 Å². The molecule has 0 saturated carbocycles. The summed E-state index contributed by atoms with van der Waals surface area (Å²) in [6.45, 7) is 2.54. The number of hydrogen-bond donors (Lipinski definition) is 0. The standard InChI is InChI=1S/C20H20FNO3S/c21-17-4-2-1-3-16(17)18-7-5-15(26-18)6-8-19(23)22-11-9-20(10-12-22)24-13-14-25-20/h1-8H,9-14H2/b8-6+. The predicted molar refractivity (Wildman–Crippen MR) is 99.2 cm³/mol. The van der Waals surface area contributed by atoms with Crippen LogP contribution < -0.4 is 0 Å². The van der Waals surface area contributed by atoms with Crippen LogP contribution in [0.25, 0.3) is 16.5 Å². The lowest BCUT2D eigenvalue weighted by molar-refractivity contribution is -0.186. The molecule has 136 valence electrons. The average molecular weight is 373 g/mol. The van der Waals surface area contributed by atoms with E-state index >= 15 is 0 Å². The van der Waals surface area contributed by atoms with Gasteiger partial charge in [0.25, 0.3) is 0 Å². The van der Waals surface area contributed by atoms with Crippen molar-refractivity contribution in [1.82, 2.24) is 4.90 Å². The zero-order chi connectivity index (χ0) is 18.0. The summed E-state index contributed by atoms with van der Waals surface area (Å²) >= 11 is 1.47. The Balaban J connectivity index is 1.38. The molecule has 0 radical (unpaired) electrons. The van der Waals surface area contributed by atoms with Gasteiger partial charge in [0.2, 0.25) is 5.91 Å². The van der Waals surface area contributed by atoms with Crippen LogP contribution in [0.2, 0.25) is 0 Å². The third-order valence-corrected chi connectivity index (χ3v) is 5.89. The molecule has 3 heterocycles. The summed E-state index contributed by atoms with van der Waals surface area (Å²) in [6.07, 6.45) is 4.81. The van der Waals surface area contributed by atoms with E-state index in [4.69, 9.17) is 9.47 Å². The highest BCUT2D eigenvalue weighted by atomic mass is 32.1. The quantitative estimate of drug-likeness (QED) is 0.765. The van der Waals surface area contributed by atoms with Gasteiger partial charge in [0, 0.05) is 47.3 Å². The van der Waals surface area contributed by atoms with Crippen molar-refractivity contribution in [3.8, 4) is 10.4 Å². The van der Waals surface area contributed by atoms with Gasteiger partial charge in [0.05, 0.1) is 13.2 Å². The highest BCUT2D eigenvalue weighted by Crippen LogP contribution is 2.32. The van der Waals surface area contributed by atoms with E-state index in [9.17, 15) is 9.18 Å². The molecule has 0 atom stereocenters. The highest BCUT2D eigenvalue weighted by molar-refractivity contribution is 7.16. The van der Waals surface area contributed by atoms with Gasteiger partial charge in [-0.1, -0.05) is 18.2 Å². The Hall–Kier alpha value is -2.02. The molecule has 2 saturated heterocycles. The molecular formula is C20H20FNO3S. The van der Waals surface area contributed by atoms with Crippen LogP contribution in [0.1, 0.15) is 17.7 Å². The van der Waals surface area contributed by atoms with Gasteiger partial charge in [-0.3, -0.25) is 4.79 Å². The second-order valence-electron chi connectivity index (χ2n) is 6.45. The monoisotopic (exact) mass is 373 g/mol. The minimum atomic E-state index is -0.469. The van der Waals surface area contributed by atoms with Crippen LogP contribution in [-0.4, -0.2) is 42.9 Å². The minimum absolute atomic E-state index is 0.0151.